The Balaban J connectivity index is 2.18. The number of carbonyl (C=O) groups is 2. The van der Waals surface area contributed by atoms with Gasteiger partial charge in [0.1, 0.15) is 0 Å². The second-order valence-corrected chi connectivity index (χ2v) is 4.76. The third kappa shape index (κ3) is 1.43. The number of ether oxygens (including phenoxy) is 1. The van der Waals surface area contributed by atoms with Crippen molar-refractivity contribution in [3.63, 3.8) is 0 Å². The molecule has 1 aliphatic heterocycles. The number of hydrogen-bond donors (Lipinski definition) is 0. The summed E-state index contributed by atoms with van der Waals surface area (Å²) in [5.74, 6) is -0.365. The number of rotatable bonds is 1. The van der Waals surface area contributed by atoms with E-state index in [0.717, 1.165) is 17.6 Å². The van der Waals surface area contributed by atoms with E-state index in [0.29, 0.717) is 18.4 Å². The van der Waals surface area contributed by atoms with Gasteiger partial charge in [-0.25, -0.2) is 0 Å². The third-order valence-corrected chi connectivity index (χ3v) is 3.69. The lowest BCUT2D eigenvalue weighted by atomic mass is 9.78. The molecule has 1 spiro atoms. The van der Waals surface area contributed by atoms with Gasteiger partial charge in [0.2, 0.25) is 5.78 Å². The fourth-order valence-electron chi connectivity index (χ4n) is 2.76. The van der Waals surface area contributed by atoms with Crippen molar-refractivity contribution in [1.29, 1.82) is 0 Å². The largest absolute Gasteiger partial charge is 0.446 e. The van der Waals surface area contributed by atoms with Gasteiger partial charge in [0.05, 0.1) is 6.42 Å². The number of Topliss-reactive ketones (excluding diaryl/α,β-unsaturated/α-hetero) is 1. The molecule has 0 N–H and O–H groups in total. The van der Waals surface area contributed by atoms with E-state index in [1.54, 1.807) is 0 Å². The molecule has 3 rings (SSSR count). The molecule has 3 heteroatoms. The Kier molecular flexibility index (Phi) is 2.37. The maximum atomic E-state index is 12.5. The Labute approximate surface area is 105 Å². The van der Waals surface area contributed by atoms with Gasteiger partial charge in [0, 0.05) is 12.0 Å². The fourth-order valence-corrected chi connectivity index (χ4v) is 2.76. The van der Waals surface area contributed by atoms with Gasteiger partial charge in [-0.15, -0.1) is 0 Å². The van der Waals surface area contributed by atoms with Gasteiger partial charge >= 0.3 is 5.97 Å². The highest BCUT2D eigenvalue weighted by Gasteiger charge is 2.48. The molecule has 1 aliphatic carbocycles. The van der Waals surface area contributed by atoms with E-state index >= 15 is 0 Å². The Morgan fingerprint density at radius 1 is 1.22 bits per heavy atom. The summed E-state index contributed by atoms with van der Waals surface area (Å²) in [7, 11) is 0. The van der Waals surface area contributed by atoms with Crippen LogP contribution in [0.5, 0.6) is 0 Å². The molecule has 1 aromatic rings. The van der Waals surface area contributed by atoms with E-state index in [2.05, 4.69) is 0 Å². The van der Waals surface area contributed by atoms with Gasteiger partial charge < -0.3 is 4.74 Å². The standard InChI is InChI=1S/C15H14O3/c1-2-10-9-15(8-7-13(16)18-15)14(17)12-6-4-3-5-11(10)12/h3-6,9H,2,7-8H2,1H3/t15-/m1/s1. The number of allylic oxidation sites excluding steroid dienone is 1. The molecule has 0 amide bonds. The van der Waals surface area contributed by atoms with Crippen molar-refractivity contribution in [2.75, 3.05) is 0 Å². The lowest BCUT2D eigenvalue weighted by Crippen LogP contribution is -2.39. The van der Waals surface area contributed by atoms with Crippen LogP contribution in [0.1, 0.15) is 42.1 Å². The van der Waals surface area contributed by atoms with E-state index in [-0.39, 0.29) is 11.8 Å². The molecule has 0 unspecified atom stereocenters. The molecule has 92 valence electrons. The highest BCUT2D eigenvalue weighted by atomic mass is 16.6. The van der Waals surface area contributed by atoms with Crippen LogP contribution in [0.3, 0.4) is 0 Å². The maximum absolute atomic E-state index is 12.5. The van der Waals surface area contributed by atoms with Gasteiger partial charge in [-0.05, 0) is 23.6 Å². The monoisotopic (exact) mass is 242 g/mol. The number of ketones is 1. The van der Waals surface area contributed by atoms with Crippen LogP contribution in [-0.4, -0.2) is 17.4 Å². The molecule has 0 aromatic heterocycles. The summed E-state index contributed by atoms with van der Waals surface area (Å²) in [5.41, 5.74) is 1.70. The first-order valence-electron chi connectivity index (χ1n) is 6.24. The van der Waals surface area contributed by atoms with Crippen molar-refractivity contribution >= 4 is 17.3 Å². The maximum Gasteiger partial charge on any atom is 0.307 e. The summed E-state index contributed by atoms with van der Waals surface area (Å²) in [4.78, 5) is 23.9. The second-order valence-electron chi connectivity index (χ2n) is 4.76. The zero-order chi connectivity index (χ0) is 12.8. The molecule has 1 atom stereocenters. The van der Waals surface area contributed by atoms with Crippen LogP contribution in [-0.2, 0) is 9.53 Å². The highest BCUT2D eigenvalue weighted by molar-refractivity contribution is 6.12. The van der Waals surface area contributed by atoms with Crippen molar-refractivity contribution in [1.82, 2.24) is 0 Å². The van der Waals surface area contributed by atoms with Gasteiger partial charge in [0.15, 0.2) is 5.60 Å². The normalized spacial score (nSPS) is 25.9. The summed E-state index contributed by atoms with van der Waals surface area (Å²) < 4.78 is 5.33. The predicted octanol–water partition coefficient (Wildman–Crippen LogP) is 2.75. The average Bonchev–Trinajstić information content (AvgIpc) is 2.77. The number of hydrogen-bond acceptors (Lipinski definition) is 3. The first kappa shape index (κ1) is 11.2. The van der Waals surface area contributed by atoms with Crippen LogP contribution in [0.25, 0.3) is 5.57 Å². The zero-order valence-electron chi connectivity index (χ0n) is 10.2. The van der Waals surface area contributed by atoms with Crippen LogP contribution >= 0.6 is 0 Å². The van der Waals surface area contributed by atoms with Crippen molar-refractivity contribution in [3.8, 4) is 0 Å². The SMILES string of the molecule is CCC1=C[C@]2(CCC(=O)O2)C(=O)c2ccccc21. The average molecular weight is 242 g/mol. The van der Waals surface area contributed by atoms with E-state index in [9.17, 15) is 9.59 Å². The van der Waals surface area contributed by atoms with E-state index in [1.807, 2.05) is 37.3 Å². The third-order valence-electron chi connectivity index (χ3n) is 3.69. The van der Waals surface area contributed by atoms with Crippen LogP contribution in [0.4, 0.5) is 0 Å². The Morgan fingerprint density at radius 2 is 1.94 bits per heavy atom. The predicted molar refractivity (Wildman–Crippen MR) is 67.1 cm³/mol. The molecule has 3 nitrogen and oxygen atoms in total. The van der Waals surface area contributed by atoms with Gasteiger partial charge in [-0.3, -0.25) is 9.59 Å². The van der Waals surface area contributed by atoms with Gasteiger partial charge in [0.25, 0.3) is 0 Å². The molecular weight excluding hydrogens is 228 g/mol. The van der Waals surface area contributed by atoms with Crippen molar-refractivity contribution in [2.24, 2.45) is 0 Å². The molecule has 1 saturated heterocycles. The Morgan fingerprint density at radius 3 is 2.56 bits per heavy atom. The van der Waals surface area contributed by atoms with Crippen molar-refractivity contribution < 1.29 is 14.3 Å². The Bertz CT molecular complexity index is 571. The highest BCUT2D eigenvalue weighted by Crippen LogP contribution is 2.40. The lowest BCUT2D eigenvalue weighted by molar-refractivity contribution is -0.143. The molecule has 0 bridgehead atoms. The summed E-state index contributed by atoms with van der Waals surface area (Å²) >= 11 is 0. The van der Waals surface area contributed by atoms with E-state index < -0.39 is 5.60 Å². The quantitative estimate of drug-likeness (QED) is 0.711. The first-order valence-corrected chi connectivity index (χ1v) is 6.24. The van der Waals surface area contributed by atoms with E-state index in [1.165, 1.54) is 0 Å². The van der Waals surface area contributed by atoms with Gasteiger partial charge in [-0.1, -0.05) is 31.2 Å². The molecule has 18 heavy (non-hydrogen) atoms. The van der Waals surface area contributed by atoms with Crippen LogP contribution < -0.4 is 0 Å². The summed E-state index contributed by atoms with van der Waals surface area (Å²) in [5, 5.41) is 0. The smallest absolute Gasteiger partial charge is 0.307 e. The molecule has 1 aromatic carbocycles. The number of esters is 1. The summed E-state index contributed by atoms with van der Waals surface area (Å²) in [6.07, 6.45) is 3.45. The van der Waals surface area contributed by atoms with Crippen LogP contribution in [0, 0.1) is 0 Å². The molecule has 1 fully saturated rings. The topological polar surface area (TPSA) is 43.4 Å². The minimum absolute atomic E-state index is 0.0823. The zero-order valence-corrected chi connectivity index (χ0v) is 10.2. The number of carbonyl (C=O) groups excluding carboxylic acids is 2. The summed E-state index contributed by atoms with van der Waals surface area (Å²) in [6.45, 7) is 2.04. The molecule has 1 heterocycles. The molecule has 0 saturated carbocycles. The molecular formula is C15H14O3. The number of fused-ring (bicyclic) bond motifs is 1. The van der Waals surface area contributed by atoms with Crippen LogP contribution in [0.2, 0.25) is 0 Å². The van der Waals surface area contributed by atoms with Gasteiger partial charge in [-0.2, -0.15) is 0 Å². The van der Waals surface area contributed by atoms with Crippen molar-refractivity contribution in [3.05, 3.63) is 41.5 Å². The summed E-state index contributed by atoms with van der Waals surface area (Å²) in [6, 6.07) is 7.54. The number of benzene rings is 1. The van der Waals surface area contributed by atoms with Crippen molar-refractivity contribution in [2.45, 2.75) is 31.8 Å². The molecule has 0 radical (unpaired) electrons. The van der Waals surface area contributed by atoms with E-state index in [4.69, 9.17) is 4.74 Å². The minimum atomic E-state index is -1.03. The van der Waals surface area contributed by atoms with Crippen LogP contribution in [0.15, 0.2) is 30.3 Å². The lowest BCUT2D eigenvalue weighted by Gasteiger charge is -2.29. The second kappa shape index (κ2) is 3.80. The fraction of sp³-hybridized carbons (Fsp3) is 0.333. The first-order chi connectivity index (χ1) is 8.66. The molecule has 2 aliphatic rings. The Hall–Kier alpha value is -1.90. The minimum Gasteiger partial charge on any atom is -0.446 e.